The number of nitrogens with zero attached hydrogens (tertiary/aromatic N) is 1. The van der Waals surface area contributed by atoms with E-state index in [-0.39, 0.29) is 0 Å². The van der Waals surface area contributed by atoms with Crippen molar-refractivity contribution in [1.29, 1.82) is 0 Å². The molecule has 1 N–H and O–H groups in total. The predicted octanol–water partition coefficient (Wildman–Crippen LogP) is -0.523. The van der Waals surface area contributed by atoms with Gasteiger partial charge in [-0.15, -0.1) is 0 Å². The van der Waals surface area contributed by atoms with Crippen molar-refractivity contribution < 1.29 is 4.79 Å². The van der Waals surface area contributed by atoms with Crippen molar-refractivity contribution in [3.63, 3.8) is 0 Å². The zero-order valence-electron chi connectivity index (χ0n) is 3.79. The number of hydrogen-bond acceptors (Lipinski definition) is 2. The van der Waals surface area contributed by atoms with E-state index in [0.29, 0.717) is 0 Å². The van der Waals surface area contributed by atoms with Gasteiger partial charge in [0, 0.05) is 12.7 Å². The van der Waals surface area contributed by atoms with Gasteiger partial charge < -0.3 is 0 Å². The summed E-state index contributed by atoms with van der Waals surface area (Å²) in [5.41, 5.74) is 2.76. The van der Waals surface area contributed by atoms with E-state index in [1.807, 2.05) is 6.08 Å². The molecule has 0 unspecified atom stereocenters. The lowest BCUT2D eigenvalue weighted by Gasteiger charge is -2.02. The van der Waals surface area contributed by atoms with E-state index in [4.69, 9.17) is 0 Å². The minimum Gasteiger partial charge on any atom is -0.277 e. The Morgan fingerprint density at radius 2 is 2.71 bits per heavy atom. The summed E-state index contributed by atoms with van der Waals surface area (Å²) in [6, 6.07) is 0. The lowest BCUT2D eigenvalue weighted by molar-refractivity contribution is -0.117. The van der Waals surface area contributed by atoms with Crippen molar-refractivity contribution >= 4 is 6.41 Å². The van der Waals surface area contributed by atoms with Crippen LogP contribution in [0.4, 0.5) is 0 Å². The Labute approximate surface area is 41.6 Å². The Morgan fingerprint density at radius 3 is 3.00 bits per heavy atom. The molecule has 3 heteroatoms. The molecule has 1 aliphatic rings. The minimum atomic E-state index is 0.726. The summed E-state index contributed by atoms with van der Waals surface area (Å²) in [6.45, 7) is 0.763. The normalized spacial score (nSPS) is 18.0. The highest BCUT2D eigenvalue weighted by molar-refractivity contribution is 5.48. The van der Waals surface area contributed by atoms with Crippen LogP contribution >= 0.6 is 0 Å². The number of carbonyl (C=O) groups is 1. The molecular weight excluding hydrogens is 92.1 g/mol. The average molecular weight is 98.1 g/mol. The van der Waals surface area contributed by atoms with Crippen molar-refractivity contribution in [2.24, 2.45) is 0 Å². The van der Waals surface area contributed by atoms with Crippen LogP contribution in [0.25, 0.3) is 0 Å². The van der Waals surface area contributed by atoms with Crippen LogP contribution in [0.3, 0.4) is 0 Å². The maximum Gasteiger partial charge on any atom is 0.228 e. The topological polar surface area (TPSA) is 32.3 Å². The molecule has 0 bridgehead atoms. The van der Waals surface area contributed by atoms with Crippen LogP contribution in [-0.2, 0) is 4.79 Å². The third-order valence-corrected chi connectivity index (χ3v) is 0.771. The molecule has 0 saturated heterocycles. The molecular formula is C4H6N2O. The molecule has 0 spiro atoms. The van der Waals surface area contributed by atoms with E-state index >= 15 is 0 Å². The first-order valence-corrected chi connectivity index (χ1v) is 2.07. The van der Waals surface area contributed by atoms with Crippen molar-refractivity contribution in [2.75, 3.05) is 6.54 Å². The number of amides is 1. The van der Waals surface area contributed by atoms with Crippen molar-refractivity contribution in [1.82, 2.24) is 10.4 Å². The fraction of sp³-hybridized carbons (Fsp3) is 0.250. The first-order valence-electron chi connectivity index (χ1n) is 2.07. The van der Waals surface area contributed by atoms with Crippen LogP contribution in [0.15, 0.2) is 12.3 Å². The Morgan fingerprint density at radius 1 is 1.86 bits per heavy atom. The Hall–Kier alpha value is -0.830. The molecule has 0 radical (unpaired) electrons. The van der Waals surface area contributed by atoms with Gasteiger partial charge in [0.25, 0.3) is 0 Å². The molecule has 0 fully saturated rings. The second-order valence-electron chi connectivity index (χ2n) is 1.26. The summed E-state index contributed by atoms with van der Waals surface area (Å²) >= 11 is 0. The van der Waals surface area contributed by atoms with E-state index in [0.717, 1.165) is 13.0 Å². The first kappa shape index (κ1) is 4.33. The molecule has 1 amide bonds. The molecule has 0 aliphatic carbocycles. The Balaban J connectivity index is 2.42. The zero-order valence-corrected chi connectivity index (χ0v) is 3.79. The second-order valence-corrected chi connectivity index (χ2v) is 1.26. The van der Waals surface area contributed by atoms with Gasteiger partial charge in [-0.1, -0.05) is 6.08 Å². The summed E-state index contributed by atoms with van der Waals surface area (Å²) in [5.74, 6) is 0. The fourth-order valence-electron chi connectivity index (χ4n) is 0.449. The highest BCUT2D eigenvalue weighted by Gasteiger charge is 1.96. The monoisotopic (exact) mass is 98.0 g/mol. The van der Waals surface area contributed by atoms with Gasteiger partial charge in [0.1, 0.15) is 0 Å². The lowest BCUT2D eigenvalue weighted by Crippen LogP contribution is -2.26. The lowest BCUT2D eigenvalue weighted by atomic mass is 10.7. The van der Waals surface area contributed by atoms with Crippen molar-refractivity contribution in [3.05, 3.63) is 12.3 Å². The van der Waals surface area contributed by atoms with Crippen molar-refractivity contribution in [2.45, 2.75) is 0 Å². The van der Waals surface area contributed by atoms with Crippen LogP contribution in [0, 0.1) is 0 Å². The zero-order chi connectivity index (χ0) is 5.11. The maximum atomic E-state index is 9.82. The SMILES string of the molecule is O=CN1C=CCN1. The smallest absolute Gasteiger partial charge is 0.228 e. The highest BCUT2D eigenvalue weighted by Crippen LogP contribution is 1.84. The molecule has 38 valence electrons. The van der Waals surface area contributed by atoms with E-state index in [1.54, 1.807) is 6.20 Å². The van der Waals surface area contributed by atoms with Crippen LogP contribution in [0.2, 0.25) is 0 Å². The number of nitrogens with one attached hydrogen (secondary N) is 1. The molecule has 0 aromatic rings. The molecule has 1 rings (SSSR count). The van der Waals surface area contributed by atoms with Gasteiger partial charge in [-0.25, -0.2) is 5.43 Å². The predicted molar refractivity (Wildman–Crippen MR) is 25.0 cm³/mol. The van der Waals surface area contributed by atoms with E-state index in [1.165, 1.54) is 5.01 Å². The Bertz CT molecular complexity index is 99.9. The van der Waals surface area contributed by atoms with Gasteiger partial charge in [0.05, 0.1) is 0 Å². The van der Waals surface area contributed by atoms with Gasteiger partial charge >= 0.3 is 0 Å². The molecule has 0 atom stereocenters. The molecule has 0 aromatic heterocycles. The first-order chi connectivity index (χ1) is 3.43. The third kappa shape index (κ3) is 0.778. The van der Waals surface area contributed by atoms with Crippen LogP contribution < -0.4 is 5.43 Å². The van der Waals surface area contributed by atoms with Gasteiger partial charge in [0.2, 0.25) is 6.41 Å². The molecule has 0 saturated carbocycles. The second kappa shape index (κ2) is 1.75. The van der Waals surface area contributed by atoms with Gasteiger partial charge in [-0.3, -0.25) is 9.80 Å². The number of carbonyl (C=O) groups excluding carboxylic acids is 1. The van der Waals surface area contributed by atoms with E-state index in [9.17, 15) is 4.79 Å². The molecule has 7 heavy (non-hydrogen) atoms. The van der Waals surface area contributed by atoms with E-state index < -0.39 is 0 Å². The van der Waals surface area contributed by atoms with Crippen LogP contribution in [0.5, 0.6) is 0 Å². The van der Waals surface area contributed by atoms with Gasteiger partial charge in [0.15, 0.2) is 0 Å². The van der Waals surface area contributed by atoms with E-state index in [2.05, 4.69) is 5.43 Å². The summed E-state index contributed by atoms with van der Waals surface area (Å²) in [7, 11) is 0. The largest absolute Gasteiger partial charge is 0.277 e. The number of hydrazine groups is 1. The fourth-order valence-corrected chi connectivity index (χ4v) is 0.449. The quantitative estimate of drug-likeness (QED) is 0.447. The summed E-state index contributed by atoms with van der Waals surface area (Å²) < 4.78 is 0. The molecule has 3 nitrogen and oxygen atoms in total. The number of hydrogen-bond donors (Lipinski definition) is 1. The minimum absolute atomic E-state index is 0.726. The summed E-state index contributed by atoms with van der Waals surface area (Å²) in [6.07, 6.45) is 4.28. The van der Waals surface area contributed by atoms with Crippen molar-refractivity contribution in [3.8, 4) is 0 Å². The van der Waals surface area contributed by atoms with Crippen LogP contribution in [-0.4, -0.2) is 18.0 Å². The highest BCUT2D eigenvalue weighted by atomic mass is 16.1. The molecule has 1 aliphatic heterocycles. The van der Waals surface area contributed by atoms with Crippen LogP contribution in [0.1, 0.15) is 0 Å². The average Bonchev–Trinajstić information content (AvgIpc) is 2.14. The standard InChI is InChI=1S/C4H6N2O/c7-4-6-3-1-2-5-6/h1,3-5H,2H2. The third-order valence-electron chi connectivity index (χ3n) is 0.771. The molecule has 0 aromatic carbocycles. The molecule has 1 heterocycles. The van der Waals surface area contributed by atoms with Gasteiger partial charge in [-0.05, 0) is 0 Å². The summed E-state index contributed by atoms with van der Waals surface area (Å²) in [5, 5.41) is 1.38. The summed E-state index contributed by atoms with van der Waals surface area (Å²) in [4.78, 5) is 9.82. The number of rotatable bonds is 1. The van der Waals surface area contributed by atoms with Gasteiger partial charge in [-0.2, -0.15) is 0 Å². The maximum absolute atomic E-state index is 9.82. The Kier molecular flexibility index (Phi) is 1.08.